The van der Waals surface area contributed by atoms with Crippen LogP contribution in [0.15, 0.2) is 0 Å². The summed E-state index contributed by atoms with van der Waals surface area (Å²) < 4.78 is 0. The highest BCUT2D eigenvalue weighted by molar-refractivity contribution is 5.82. The number of carbonyl (C=O) groups excluding carboxylic acids is 1. The second kappa shape index (κ2) is 6.00. The molecular formula is C12H22N2O3. The molecule has 1 unspecified atom stereocenters. The molecule has 0 aromatic carbocycles. The SMILES string of the molecule is CC(N)C(=O)NCC1(C(=O)O)CCCCCC1. The maximum atomic E-state index is 11.4. The molecule has 0 bridgehead atoms. The van der Waals surface area contributed by atoms with Crippen molar-refractivity contribution < 1.29 is 14.7 Å². The fourth-order valence-corrected chi connectivity index (χ4v) is 2.29. The van der Waals surface area contributed by atoms with Gasteiger partial charge in [0.05, 0.1) is 11.5 Å². The fraction of sp³-hybridized carbons (Fsp3) is 0.833. The van der Waals surface area contributed by atoms with Crippen molar-refractivity contribution in [2.75, 3.05) is 6.54 Å². The molecule has 98 valence electrons. The van der Waals surface area contributed by atoms with E-state index >= 15 is 0 Å². The molecule has 0 heterocycles. The van der Waals surface area contributed by atoms with Crippen LogP contribution in [0, 0.1) is 5.41 Å². The van der Waals surface area contributed by atoms with E-state index in [4.69, 9.17) is 5.73 Å². The molecule has 5 nitrogen and oxygen atoms in total. The highest BCUT2D eigenvalue weighted by Crippen LogP contribution is 2.34. The molecule has 0 aliphatic heterocycles. The summed E-state index contributed by atoms with van der Waals surface area (Å²) in [5, 5.41) is 12.0. The number of hydrogen-bond donors (Lipinski definition) is 3. The number of aliphatic carboxylic acids is 1. The van der Waals surface area contributed by atoms with Crippen LogP contribution in [0.4, 0.5) is 0 Å². The van der Waals surface area contributed by atoms with Gasteiger partial charge in [-0.05, 0) is 19.8 Å². The van der Waals surface area contributed by atoms with Gasteiger partial charge in [-0.15, -0.1) is 0 Å². The Kier molecular flexibility index (Phi) is 4.93. The average Bonchev–Trinajstić information content (AvgIpc) is 2.52. The molecule has 4 N–H and O–H groups in total. The lowest BCUT2D eigenvalue weighted by molar-refractivity contribution is -0.149. The Hall–Kier alpha value is -1.10. The number of nitrogens with two attached hydrogens (primary N) is 1. The van der Waals surface area contributed by atoms with E-state index in [1.165, 1.54) is 0 Å². The molecule has 0 aromatic heterocycles. The van der Waals surface area contributed by atoms with Crippen molar-refractivity contribution in [1.82, 2.24) is 5.32 Å². The van der Waals surface area contributed by atoms with Gasteiger partial charge in [0, 0.05) is 6.54 Å². The van der Waals surface area contributed by atoms with Crippen molar-refractivity contribution >= 4 is 11.9 Å². The monoisotopic (exact) mass is 242 g/mol. The summed E-state index contributed by atoms with van der Waals surface area (Å²) in [5.41, 5.74) is 4.65. The zero-order valence-corrected chi connectivity index (χ0v) is 10.4. The molecule has 5 heteroatoms. The van der Waals surface area contributed by atoms with Crippen LogP contribution < -0.4 is 11.1 Å². The minimum Gasteiger partial charge on any atom is -0.481 e. The Labute approximate surface area is 102 Å². The highest BCUT2D eigenvalue weighted by Gasteiger charge is 2.38. The molecule has 1 aliphatic rings. The van der Waals surface area contributed by atoms with E-state index < -0.39 is 17.4 Å². The molecule has 17 heavy (non-hydrogen) atoms. The Morgan fingerprint density at radius 2 is 1.82 bits per heavy atom. The minimum atomic E-state index is -0.802. The number of rotatable bonds is 4. The van der Waals surface area contributed by atoms with Gasteiger partial charge in [0.2, 0.25) is 5.91 Å². The zero-order chi connectivity index (χ0) is 12.9. The topological polar surface area (TPSA) is 92.4 Å². The smallest absolute Gasteiger partial charge is 0.311 e. The van der Waals surface area contributed by atoms with Crippen molar-refractivity contribution in [1.29, 1.82) is 0 Å². The van der Waals surface area contributed by atoms with Crippen molar-refractivity contribution in [2.24, 2.45) is 11.1 Å². The number of carboxylic acids is 1. The summed E-state index contributed by atoms with van der Waals surface area (Å²) in [6.07, 6.45) is 5.27. The maximum Gasteiger partial charge on any atom is 0.311 e. The van der Waals surface area contributed by atoms with Crippen LogP contribution >= 0.6 is 0 Å². The van der Waals surface area contributed by atoms with E-state index in [-0.39, 0.29) is 12.5 Å². The van der Waals surface area contributed by atoms with Crippen molar-refractivity contribution in [3.8, 4) is 0 Å². The molecule has 0 aromatic rings. The summed E-state index contributed by atoms with van der Waals surface area (Å²) in [6.45, 7) is 1.79. The number of nitrogens with one attached hydrogen (secondary N) is 1. The highest BCUT2D eigenvalue weighted by atomic mass is 16.4. The van der Waals surface area contributed by atoms with Crippen LogP contribution in [0.2, 0.25) is 0 Å². The van der Waals surface area contributed by atoms with Crippen LogP contribution in [0.5, 0.6) is 0 Å². The van der Waals surface area contributed by atoms with E-state index in [1.807, 2.05) is 0 Å². The van der Waals surface area contributed by atoms with Gasteiger partial charge >= 0.3 is 5.97 Å². The second-order valence-electron chi connectivity index (χ2n) is 5.01. The third-order valence-corrected chi connectivity index (χ3v) is 3.53. The van der Waals surface area contributed by atoms with Gasteiger partial charge in [-0.3, -0.25) is 9.59 Å². The van der Waals surface area contributed by atoms with Gasteiger partial charge in [0.25, 0.3) is 0 Å². The van der Waals surface area contributed by atoms with Gasteiger partial charge in [0.15, 0.2) is 0 Å². The molecule has 1 saturated carbocycles. The molecule has 1 atom stereocenters. The van der Waals surface area contributed by atoms with E-state index in [1.54, 1.807) is 6.92 Å². The van der Waals surface area contributed by atoms with E-state index in [0.717, 1.165) is 25.7 Å². The predicted molar refractivity (Wildman–Crippen MR) is 64.4 cm³/mol. The van der Waals surface area contributed by atoms with Crippen LogP contribution in [0.1, 0.15) is 45.4 Å². The van der Waals surface area contributed by atoms with Gasteiger partial charge < -0.3 is 16.2 Å². The molecular weight excluding hydrogens is 220 g/mol. The normalized spacial score (nSPS) is 21.3. The van der Waals surface area contributed by atoms with Crippen LogP contribution in [-0.4, -0.2) is 29.6 Å². The standard InChI is InChI=1S/C12H22N2O3/c1-9(13)10(15)14-8-12(11(16)17)6-4-2-3-5-7-12/h9H,2-8,13H2,1H3,(H,14,15)(H,16,17). The second-order valence-corrected chi connectivity index (χ2v) is 5.01. The van der Waals surface area contributed by atoms with Crippen molar-refractivity contribution in [3.05, 3.63) is 0 Å². The van der Waals surface area contributed by atoms with Gasteiger partial charge in [0.1, 0.15) is 0 Å². The Morgan fingerprint density at radius 1 is 1.29 bits per heavy atom. The third-order valence-electron chi connectivity index (χ3n) is 3.53. The minimum absolute atomic E-state index is 0.197. The largest absolute Gasteiger partial charge is 0.481 e. The van der Waals surface area contributed by atoms with Gasteiger partial charge in [-0.1, -0.05) is 25.7 Å². The van der Waals surface area contributed by atoms with E-state index in [2.05, 4.69) is 5.32 Å². The number of hydrogen-bond acceptors (Lipinski definition) is 3. The summed E-state index contributed by atoms with van der Waals surface area (Å²) >= 11 is 0. The van der Waals surface area contributed by atoms with Crippen LogP contribution in [-0.2, 0) is 9.59 Å². The summed E-state index contributed by atoms with van der Waals surface area (Å²) in [6, 6.07) is -0.591. The first-order chi connectivity index (χ1) is 7.98. The van der Waals surface area contributed by atoms with E-state index in [0.29, 0.717) is 12.8 Å². The Balaban J connectivity index is 2.64. The summed E-state index contributed by atoms with van der Waals surface area (Å²) in [7, 11) is 0. The van der Waals surface area contributed by atoms with Gasteiger partial charge in [-0.25, -0.2) is 0 Å². The first kappa shape index (κ1) is 14.0. The Bertz CT molecular complexity index is 281. The number of amides is 1. The average molecular weight is 242 g/mol. The first-order valence-electron chi connectivity index (χ1n) is 6.25. The third kappa shape index (κ3) is 3.70. The molecule has 0 spiro atoms. The van der Waals surface area contributed by atoms with Gasteiger partial charge in [-0.2, -0.15) is 0 Å². The van der Waals surface area contributed by atoms with Crippen molar-refractivity contribution in [2.45, 2.75) is 51.5 Å². The first-order valence-corrected chi connectivity index (χ1v) is 6.25. The number of carboxylic acid groups (broad SMARTS) is 1. The lowest BCUT2D eigenvalue weighted by Gasteiger charge is -2.28. The fourth-order valence-electron chi connectivity index (χ4n) is 2.29. The molecule has 0 radical (unpaired) electrons. The van der Waals surface area contributed by atoms with E-state index in [9.17, 15) is 14.7 Å². The maximum absolute atomic E-state index is 11.4. The number of carbonyl (C=O) groups is 2. The Morgan fingerprint density at radius 3 is 2.24 bits per heavy atom. The lowest BCUT2D eigenvalue weighted by Crippen LogP contribution is -2.47. The van der Waals surface area contributed by atoms with Crippen LogP contribution in [0.3, 0.4) is 0 Å². The van der Waals surface area contributed by atoms with Crippen LogP contribution in [0.25, 0.3) is 0 Å². The molecule has 1 amide bonds. The van der Waals surface area contributed by atoms with Crippen molar-refractivity contribution in [3.63, 3.8) is 0 Å². The quantitative estimate of drug-likeness (QED) is 0.638. The lowest BCUT2D eigenvalue weighted by atomic mass is 9.80. The summed E-state index contributed by atoms with van der Waals surface area (Å²) in [5.74, 6) is -1.08. The predicted octanol–water partition coefficient (Wildman–Crippen LogP) is 0.875. The molecule has 1 aliphatic carbocycles. The summed E-state index contributed by atoms with van der Waals surface area (Å²) in [4.78, 5) is 22.8. The molecule has 0 saturated heterocycles. The molecule has 1 fully saturated rings. The zero-order valence-electron chi connectivity index (χ0n) is 10.4. The molecule has 1 rings (SSSR count).